The number of hydrogen-bond acceptors (Lipinski definition) is 2. The van der Waals surface area contributed by atoms with Gasteiger partial charge in [0.2, 0.25) is 0 Å². The van der Waals surface area contributed by atoms with Crippen molar-refractivity contribution in [3.05, 3.63) is 30.0 Å². The number of nitrogens with one attached hydrogen (secondary N) is 1. The molecule has 3 nitrogen and oxygen atoms in total. The van der Waals surface area contributed by atoms with Gasteiger partial charge in [-0.1, -0.05) is 24.6 Å². The van der Waals surface area contributed by atoms with Crippen molar-refractivity contribution in [2.75, 3.05) is 7.05 Å². The van der Waals surface area contributed by atoms with Crippen molar-refractivity contribution < 1.29 is 0 Å². The van der Waals surface area contributed by atoms with Crippen LogP contribution in [-0.2, 0) is 13.5 Å². The van der Waals surface area contributed by atoms with Gasteiger partial charge >= 0.3 is 0 Å². The third-order valence-corrected chi connectivity index (χ3v) is 5.56. The van der Waals surface area contributed by atoms with Crippen LogP contribution in [0.4, 0.5) is 0 Å². The van der Waals surface area contributed by atoms with E-state index in [1.54, 1.807) is 0 Å². The molecule has 3 unspecified atom stereocenters. The SMILES string of the molecule is CNC(Cc1nn(C)c2ccccc12)C1C2CCCC21. The Morgan fingerprint density at radius 3 is 2.80 bits per heavy atom. The highest BCUT2D eigenvalue weighted by Gasteiger charge is 2.55. The first-order valence-electron chi connectivity index (χ1n) is 7.87. The van der Waals surface area contributed by atoms with E-state index in [1.165, 1.54) is 35.9 Å². The molecule has 2 aliphatic rings. The Bertz CT molecular complexity index is 620. The summed E-state index contributed by atoms with van der Waals surface area (Å²) in [5.74, 6) is 2.90. The van der Waals surface area contributed by atoms with Crippen LogP contribution in [0.15, 0.2) is 24.3 Å². The number of aromatic nitrogens is 2. The van der Waals surface area contributed by atoms with Gasteiger partial charge in [0.1, 0.15) is 0 Å². The largest absolute Gasteiger partial charge is 0.316 e. The van der Waals surface area contributed by atoms with Crippen LogP contribution in [0.5, 0.6) is 0 Å². The average Bonchev–Trinajstić information content (AvgIpc) is 2.84. The summed E-state index contributed by atoms with van der Waals surface area (Å²) in [5.41, 5.74) is 2.50. The number of fused-ring (bicyclic) bond motifs is 2. The summed E-state index contributed by atoms with van der Waals surface area (Å²) in [6.07, 6.45) is 5.43. The van der Waals surface area contributed by atoms with E-state index >= 15 is 0 Å². The van der Waals surface area contributed by atoms with Gasteiger partial charge in [0, 0.05) is 24.9 Å². The van der Waals surface area contributed by atoms with Crippen LogP contribution < -0.4 is 5.32 Å². The van der Waals surface area contributed by atoms with Gasteiger partial charge < -0.3 is 5.32 Å². The average molecular weight is 269 g/mol. The van der Waals surface area contributed by atoms with Gasteiger partial charge in [0.25, 0.3) is 0 Å². The fourth-order valence-electron chi connectivity index (χ4n) is 4.55. The van der Waals surface area contributed by atoms with Gasteiger partial charge in [-0.05, 0) is 43.7 Å². The summed E-state index contributed by atoms with van der Waals surface area (Å²) in [7, 11) is 4.16. The molecule has 2 fully saturated rings. The lowest BCUT2D eigenvalue weighted by Gasteiger charge is -2.17. The normalized spacial score (nSPS) is 29.6. The summed E-state index contributed by atoms with van der Waals surface area (Å²) < 4.78 is 2.02. The highest BCUT2D eigenvalue weighted by molar-refractivity contribution is 5.81. The lowest BCUT2D eigenvalue weighted by atomic mass is 9.98. The molecule has 0 radical (unpaired) electrons. The van der Waals surface area contributed by atoms with Gasteiger partial charge in [-0.2, -0.15) is 5.10 Å². The monoisotopic (exact) mass is 269 g/mol. The molecule has 0 amide bonds. The predicted octanol–water partition coefficient (Wildman–Crippen LogP) is 2.75. The number of hydrogen-bond donors (Lipinski definition) is 1. The van der Waals surface area contributed by atoms with Crippen molar-refractivity contribution >= 4 is 10.9 Å². The summed E-state index contributed by atoms with van der Waals surface area (Å²) in [6.45, 7) is 0. The first-order valence-corrected chi connectivity index (χ1v) is 7.87. The van der Waals surface area contributed by atoms with E-state index in [4.69, 9.17) is 5.10 Å². The van der Waals surface area contributed by atoms with Gasteiger partial charge in [0.05, 0.1) is 11.2 Å². The molecule has 0 saturated heterocycles. The maximum Gasteiger partial charge on any atom is 0.0718 e. The van der Waals surface area contributed by atoms with Crippen molar-refractivity contribution in [3.63, 3.8) is 0 Å². The zero-order valence-corrected chi connectivity index (χ0v) is 12.3. The van der Waals surface area contributed by atoms with Gasteiger partial charge in [0.15, 0.2) is 0 Å². The maximum absolute atomic E-state index is 4.76. The Labute approximate surface area is 120 Å². The van der Waals surface area contributed by atoms with Gasteiger partial charge in [-0.15, -0.1) is 0 Å². The van der Waals surface area contributed by atoms with E-state index in [0.29, 0.717) is 6.04 Å². The summed E-state index contributed by atoms with van der Waals surface area (Å²) in [6, 6.07) is 9.18. The Morgan fingerprint density at radius 2 is 2.05 bits per heavy atom. The zero-order chi connectivity index (χ0) is 13.7. The minimum atomic E-state index is 0.601. The smallest absolute Gasteiger partial charge is 0.0718 e. The van der Waals surface area contributed by atoms with Crippen LogP contribution >= 0.6 is 0 Å². The van der Waals surface area contributed by atoms with Crippen LogP contribution in [0.2, 0.25) is 0 Å². The van der Waals surface area contributed by atoms with Gasteiger partial charge in [-0.25, -0.2) is 0 Å². The summed E-state index contributed by atoms with van der Waals surface area (Å²) in [4.78, 5) is 0. The fraction of sp³-hybridized carbons (Fsp3) is 0.588. The Kier molecular flexibility index (Phi) is 2.84. The summed E-state index contributed by atoms with van der Waals surface area (Å²) in [5, 5.41) is 9.64. The lowest BCUT2D eigenvalue weighted by molar-refractivity contribution is 0.425. The van der Waals surface area contributed by atoms with Crippen molar-refractivity contribution in [1.82, 2.24) is 15.1 Å². The van der Waals surface area contributed by atoms with Crippen LogP contribution in [-0.4, -0.2) is 22.9 Å². The molecule has 0 bridgehead atoms. The molecule has 0 spiro atoms. The second-order valence-electron chi connectivity index (χ2n) is 6.52. The molecule has 0 aliphatic heterocycles. The molecule has 1 aromatic carbocycles. The number of likely N-dealkylation sites (N-methyl/N-ethyl adjacent to an activating group) is 1. The number of para-hydroxylation sites is 1. The van der Waals surface area contributed by atoms with E-state index in [1.807, 2.05) is 11.7 Å². The third kappa shape index (κ3) is 1.80. The second kappa shape index (κ2) is 4.59. The third-order valence-electron chi connectivity index (χ3n) is 5.56. The number of aryl methyl sites for hydroxylation is 1. The quantitative estimate of drug-likeness (QED) is 0.925. The van der Waals surface area contributed by atoms with E-state index in [2.05, 4.69) is 36.6 Å². The highest BCUT2D eigenvalue weighted by atomic mass is 15.3. The zero-order valence-electron chi connectivity index (χ0n) is 12.3. The van der Waals surface area contributed by atoms with Crippen molar-refractivity contribution in [3.8, 4) is 0 Å². The van der Waals surface area contributed by atoms with Crippen LogP contribution in [0.25, 0.3) is 10.9 Å². The number of nitrogens with zero attached hydrogens (tertiary/aromatic N) is 2. The molecule has 1 aromatic heterocycles. The lowest BCUT2D eigenvalue weighted by Crippen LogP contribution is -2.31. The minimum Gasteiger partial charge on any atom is -0.316 e. The second-order valence-corrected chi connectivity index (χ2v) is 6.52. The van der Waals surface area contributed by atoms with Gasteiger partial charge in [-0.3, -0.25) is 4.68 Å². The van der Waals surface area contributed by atoms with Crippen molar-refractivity contribution in [1.29, 1.82) is 0 Å². The van der Waals surface area contributed by atoms with E-state index in [0.717, 1.165) is 24.2 Å². The first-order chi connectivity index (χ1) is 9.79. The Balaban J connectivity index is 1.60. The first kappa shape index (κ1) is 12.4. The molecule has 1 heterocycles. The molecule has 2 aromatic rings. The van der Waals surface area contributed by atoms with Crippen LogP contribution in [0.1, 0.15) is 25.0 Å². The molecule has 3 heteroatoms. The highest BCUT2D eigenvalue weighted by Crippen LogP contribution is 2.59. The molecular weight excluding hydrogens is 246 g/mol. The molecular formula is C17H23N3. The minimum absolute atomic E-state index is 0.601. The molecule has 106 valence electrons. The predicted molar refractivity (Wildman–Crippen MR) is 81.6 cm³/mol. The van der Waals surface area contributed by atoms with E-state index in [-0.39, 0.29) is 0 Å². The maximum atomic E-state index is 4.76. The number of rotatable bonds is 4. The van der Waals surface area contributed by atoms with Crippen LogP contribution in [0.3, 0.4) is 0 Å². The Morgan fingerprint density at radius 1 is 1.30 bits per heavy atom. The van der Waals surface area contributed by atoms with E-state index in [9.17, 15) is 0 Å². The fourth-order valence-corrected chi connectivity index (χ4v) is 4.55. The molecule has 1 N–H and O–H groups in total. The topological polar surface area (TPSA) is 29.9 Å². The molecule has 4 rings (SSSR count). The molecule has 2 saturated carbocycles. The number of benzene rings is 1. The summed E-state index contributed by atoms with van der Waals surface area (Å²) >= 11 is 0. The molecule has 3 atom stereocenters. The Hall–Kier alpha value is -1.35. The molecule has 2 aliphatic carbocycles. The standard InChI is InChI=1S/C17H23N3/c1-18-15(17-11-7-5-8-12(11)17)10-14-13-6-3-4-9-16(13)20(2)19-14/h3-4,6,9,11-12,15,17-18H,5,7-8,10H2,1-2H3. The molecule has 20 heavy (non-hydrogen) atoms. The van der Waals surface area contributed by atoms with Crippen LogP contribution in [0, 0.1) is 17.8 Å². The van der Waals surface area contributed by atoms with Crippen molar-refractivity contribution in [2.24, 2.45) is 24.8 Å². The van der Waals surface area contributed by atoms with Crippen molar-refractivity contribution in [2.45, 2.75) is 31.7 Å². The van der Waals surface area contributed by atoms with E-state index < -0.39 is 0 Å².